The van der Waals surface area contributed by atoms with E-state index in [9.17, 15) is 44.2 Å². The number of benzene rings is 1. The maximum absolute atomic E-state index is 13.0. The number of hydrogen-bond donors (Lipinski definition) is 1. The summed E-state index contributed by atoms with van der Waals surface area (Å²) in [6, 6.07) is 4.89. The zero-order chi connectivity index (χ0) is 32.3. The first-order valence-electron chi connectivity index (χ1n) is 16.1. The van der Waals surface area contributed by atoms with Gasteiger partial charge in [-0.3, -0.25) is 4.21 Å². The van der Waals surface area contributed by atoms with Crippen molar-refractivity contribution in [1.82, 2.24) is 0 Å². The third-order valence-corrected chi connectivity index (χ3v) is 13.2. The molecule has 0 aromatic heterocycles. The Morgan fingerprint density at radius 1 is 0.956 bits per heavy atom. The molecule has 0 amide bonds. The van der Waals surface area contributed by atoms with Gasteiger partial charge in [-0.05, 0) is 104 Å². The molecule has 0 saturated heterocycles. The Kier molecular flexibility index (Phi) is 14.0. The molecule has 1 unspecified atom stereocenters. The van der Waals surface area contributed by atoms with Crippen LogP contribution >= 0.6 is 0 Å². The van der Waals surface area contributed by atoms with Gasteiger partial charge < -0.3 is 9.66 Å². The molecule has 252 valence electrons. The van der Waals surface area contributed by atoms with E-state index in [0.29, 0.717) is 35.8 Å². The van der Waals surface area contributed by atoms with Crippen molar-refractivity contribution < 1.29 is 73.8 Å². The molecular weight excluding hydrogens is 646 g/mol. The summed E-state index contributed by atoms with van der Waals surface area (Å²) in [5.41, 5.74) is 2.05. The Hall–Kier alpha value is -0.110. The molecule has 2 saturated carbocycles. The van der Waals surface area contributed by atoms with E-state index in [1.165, 1.54) is 11.6 Å². The van der Waals surface area contributed by atoms with Crippen molar-refractivity contribution in [1.29, 1.82) is 0 Å². The molecule has 5 nitrogen and oxygen atoms in total. The fourth-order valence-corrected chi connectivity index (χ4v) is 10.1. The van der Waals surface area contributed by atoms with E-state index in [4.69, 9.17) is 0 Å². The van der Waals surface area contributed by atoms with E-state index in [-0.39, 0.29) is 51.7 Å². The summed E-state index contributed by atoms with van der Waals surface area (Å²) in [5, 5.41) is 10.9. The molecule has 7 atom stereocenters. The van der Waals surface area contributed by atoms with Crippen molar-refractivity contribution in [2.75, 3.05) is 11.5 Å². The number of aliphatic hydroxyl groups excluding tert-OH is 1. The molecule has 4 rings (SSSR count). The number of fused-ring (bicyclic) bond motifs is 5. The summed E-state index contributed by atoms with van der Waals surface area (Å²) in [4.78, 5) is -0.169. The Labute approximate surface area is 289 Å². The van der Waals surface area contributed by atoms with Crippen LogP contribution in [0.2, 0.25) is 0 Å². The van der Waals surface area contributed by atoms with Crippen molar-refractivity contribution in [2.45, 2.75) is 132 Å². The Morgan fingerprint density at radius 2 is 1.58 bits per heavy atom. The quantitative estimate of drug-likeness (QED) is 0.122. The first-order chi connectivity index (χ1) is 20.5. The van der Waals surface area contributed by atoms with Crippen molar-refractivity contribution in [3.8, 4) is 0 Å². The van der Waals surface area contributed by atoms with Crippen LogP contribution in [0.4, 0.5) is 22.0 Å². The average Bonchev–Trinajstić information content (AvgIpc) is 3.24. The molecule has 1 aromatic carbocycles. The third-order valence-electron chi connectivity index (χ3n) is 10.8. The molecule has 45 heavy (non-hydrogen) atoms. The molecular formula is C32H46F5NaO5S2. The topological polar surface area (TPSA) is 94.5 Å². The van der Waals surface area contributed by atoms with Gasteiger partial charge in [-0.2, -0.15) is 22.0 Å². The van der Waals surface area contributed by atoms with Gasteiger partial charge in [0.15, 0.2) is 0 Å². The second-order valence-electron chi connectivity index (χ2n) is 13.6. The molecule has 3 aliphatic rings. The zero-order valence-corrected chi connectivity index (χ0v) is 30.1. The normalized spacial score (nSPS) is 28.9. The summed E-state index contributed by atoms with van der Waals surface area (Å²) >= 11 is 0. The van der Waals surface area contributed by atoms with Gasteiger partial charge in [0, 0.05) is 28.7 Å². The SMILES string of the molecule is C[C@]12CC[C@@H]3c4ccc(S(=O)(=O)[O-])cc4C[C@@H](CCCCCCCCCS(=O)CCCC(F)(F)C(F)(F)F)[C@H]3[C@@H]1CC[C@@H]2O.[Na+]. The third kappa shape index (κ3) is 9.53. The number of halogens is 5. The van der Waals surface area contributed by atoms with Crippen LogP contribution < -0.4 is 29.6 Å². The van der Waals surface area contributed by atoms with E-state index in [2.05, 4.69) is 6.92 Å². The van der Waals surface area contributed by atoms with Gasteiger partial charge in [0.05, 0.1) is 11.0 Å². The second-order valence-corrected chi connectivity index (χ2v) is 16.7. The fraction of sp³-hybridized carbons (Fsp3) is 0.812. The molecule has 0 heterocycles. The van der Waals surface area contributed by atoms with Crippen LogP contribution in [0.15, 0.2) is 23.1 Å². The Morgan fingerprint density at radius 3 is 2.22 bits per heavy atom. The molecule has 0 aliphatic heterocycles. The van der Waals surface area contributed by atoms with Crippen LogP contribution in [0.1, 0.15) is 114 Å². The van der Waals surface area contributed by atoms with Crippen LogP contribution in [0.3, 0.4) is 0 Å². The summed E-state index contributed by atoms with van der Waals surface area (Å²) < 4.78 is 110. The smallest absolute Gasteiger partial charge is 0.744 e. The number of rotatable bonds is 15. The van der Waals surface area contributed by atoms with Crippen molar-refractivity contribution in [3.63, 3.8) is 0 Å². The minimum Gasteiger partial charge on any atom is -0.744 e. The van der Waals surface area contributed by atoms with Gasteiger partial charge in [0.1, 0.15) is 10.1 Å². The molecule has 1 aromatic rings. The molecule has 0 bridgehead atoms. The van der Waals surface area contributed by atoms with Gasteiger partial charge in [-0.25, -0.2) is 8.42 Å². The predicted molar refractivity (Wildman–Crippen MR) is 159 cm³/mol. The number of unbranched alkanes of at least 4 members (excludes halogenated alkanes) is 6. The average molecular weight is 693 g/mol. The van der Waals surface area contributed by atoms with Crippen molar-refractivity contribution in [3.05, 3.63) is 29.3 Å². The zero-order valence-electron chi connectivity index (χ0n) is 26.4. The first-order valence-corrected chi connectivity index (χ1v) is 19.0. The van der Waals surface area contributed by atoms with E-state index >= 15 is 0 Å². The largest absolute Gasteiger partial charge is 1.00 e. The van der Waals surface area contributed by atoms with E-state index < -0.39 is 45.9 Å². The Bertz CT molecular complexity index is 1260. The minimum atomic E-state index is -5.57. The molecule has 3 aliphatic carbocycles. The summed E-state index contributed by atoms with van der Waals surface area (Å²) in [6.07, 6.45) is 4.38. The predicted octanol–water partition coefficient (Wildman–Crippen LogP) is 4.89. The molecule has 2 fully saturated rings. The van der Waals surface area contributed by atoms with Gasteiger partial charge >= 0.3 is 41.7 Å². The van der Waals surface area contributed by atoms with E-state index in [0.717, 1.165) is 82.6 Å². The summed E-state index contributed by atoms with van der Waals surface area (Å²) in [7, 11) is -5.93. The monoisotopic (exact) mass is 692 g/mol. The van der Waals surface area contributed by atoms with Crippen molar-refractivity contribution >= 4 is 20.9 Å². The fourth-order valence-electron chi connectivity index (χ4n) is 8.43. The second kappa shape index (κ2) is 16.1. The summed E-state index contributed by atoms with van der Waals surface area (Å²) in [6.45, 7) is 2.23. The Balaban J connectivity index is 0.00000552. The van der Waals surface area contributed by atoms with E-state index in [1.807, 2.05) is 6.07 Å². The van der Waals surface area contributed by atoms with Crippen LogP contribution in [0.5, 0.6) is 0 Å². The maximum atomic E-state index is 13.0. The maximum Gasteiger partial charge on any atom is 1.00 e. The first kappa shape index (κ1) is 39.3. The van der Waals surface area contributed by atoms with Gasteiger partial charge in [0.2, 0.25) is 0 Å². The van der Waals surface area contributed by atoms with Crippen LogP contribution in [-0.2, 0) is 27.3 Å². The number of alkyl halides is 5. The molecule has 0 spiro atoms. The van der Waals surface area contributed by atoms with Gasteiger partial charge in [0.25, 0.3) is 0 Å². The number of aliphatic hydroxyl groups is 1. The minimum absolute atomic E-state index is 0. The standard InChI is InChI=1S/C32H47F5O5S2.Na/c1-30-17-15-26-25-12-11-24(44(40,41)42)21-23(25)20-22(29(26)27(30)13-14-28(30)38)10-7-5-3-2-4-6-8-18-43(39)19-9-16-31(33,34)32(35,36)37;/h11-12,21-22,26-29,38H,2-10,13-20H2,1H3,(H,40,41,42);/q;+1/p-1/t22-,26-,27+,28+,29-,30+,43?;/m1./s1. The van der Waals surface area contributed by atoms with Gasteiger partial charge in [-0.1, -0.05) is 51.5 Å². The van der Waals surface area contributed by atoms with Crippen LogP contribution in [0.25, 0.3) is 0 Å². The number of hydrogen-bond acceptors (Lipinski definition) is 5. The summed E-state index contributed by atoms with van der Waals surface area (Å²) in [5.74, 6) is -3.06. The van der Waals surface area contributed by atoms with Crippen LogP contribution in [-0.4, -0.2) is 52.0 Å². The van der Waals surface area contributed by atoms with Crippen LogP contribution in [0, 0.1) is 23.2 Å². The molecule has 1 N–H and O–H groups in total. The van der Waals surface area contributed by atoms with Gasteiger partial charge in [-0.15, -0.1) is 0 Å². The molecule has 0 radical (unpaired) electrons. The molecule has 13 heteroatoms. The van der Waals surface area contributed by atoms with Crippen molar-refractivity contribution in [2.24, 2.45) is 23.2 Å². The van der Waals surface area contributed by atoms with E-state index in [1.54, 1.807) is 6.07 Å².